The third-order valence-electron chi connectivity index (χ3n) is 15.6. The second-order valence-electron chi connectivity index (χ2n) is 19.5. The monoisotopic (exact) mass is 892 g/mol. The van der Waals surface area contributed by atoms with E-state index in [1.54, 1.807) is 60.7 Å². The number of benzene rings is 3. The van der Waals surface area contributed by atoms with Gasteiger partial charge in [-0.15, -0.1) is 0 Å². The Morgan fingerprint density at radius 2 is 1.70 bits per heavy atom. The highest BCUT2D eigenvalue weighted by atomic mass is 19.1. The van der Waals surface area contributed by atoms with Gasteiger partial charge in [0.05, 0.1) is 45.8 Å². The molecule has 5 aliphatic rings. The predicted octanol–water partition coefficient (Wildman–Crippen LogP) is 7.34. The zero-order chi connectivity index (χ0) is 45.1. The van der Waals surface area contributed by atoms with Crippen LogP contribution < -0.4 is 11.4 Å². The Labute approximate surface area is 375 Å². The second kappa shape index (κ2) is 13.6. The Hall–Kier alpha value is -6.88. The molecule has 5 aromatic heterocycles. The number of ether oxygens (including phenoxy) is 1. The molecule has 1 amide bonds. The Morgan fingerprint density at radius 1 is 0.924 bits per heavy atom. The number of imidazole rings is 1. The molecule has 2 saturated heterocycles. The third-order valence-corrected chi connectivity index (χ3v) is 15.6. The van der Waals surface area contributed by atoms with Crippen molar-refractivity contribution in [3.8, 4) is 17.2 Å². The smallest absolute Gasteiger partial charge is 0.375 e. The molecule has 2 saturated carbocycles. The van der Waals surface area contributed by atoms with E-state index in [2.05, 4.69) is 44.9 Å². The van der Waals surface area contributed by atoms with E-state index in [1.807, 2.05) is 11.0 Å². The molecule has 3 aromatic carbocycles. The number of halogens is 2. The van der Waals surface area contributed by atoms with Gasteiger partial charge in [0.2, 0.25) is 0 Å². The van der Waals surface area contributed by atoms with Gasteiger partial charge < -0.3 is 14.2 Å². The summed E-state index contributed by atoms with van der Waals surface area (Å²) in [5, 5.41) is 14.8. The average molecular weight is 893 g/mol. The number of rotatable bonds is 7. The maximum atomic E-state index is 16.2. The molecule has 4 fully saturated rings. The van der Waals surface area contributed by atoms with Crippen molar-refractivity contribution in [3.63, 3.8) is 0 Å². The van der Waals surface area contributed by atoms with E-state index in [9.17, 15) is 9.59 Å². The minimum absolute atomic E-state index is 0.0111. The van der Waals surface area contributed by atoms with Crippen molar-refractivity contribution in [2.24, 2.45) is 13.0 Å². The summed E-state index contributed by atoms with van der Waals surface area (Å²) >= 11 is 0. The molecule has 1 N–H and O–H groups in total. The van der Waals surface area contributed by atoms with Crippen LogP contribution >= 0.6 is 0 Å². The Bertz CT molecular complexity index is 3490. The van der Waals surface area contributed by atoms with Crippen molar-refractivity contribution >= 4 is 27.7 Å². The third kappa shape index (κ3) is 5.48. The summed E-state index contributed by atoms with van der Waals surface area (Å²) in [6.45, 7) is 6.18. The van der Waals surface area contributed by atoms with Crippen molar-refractivity contribution < 1.29 is 22.8 Å². The number of aromatic amines is 1. The molecule has 2 aliphatic carbocycles. The highest BCUT2D eigenvalue weighted by Crippen LogP contribution is 2.57. The van der Waals surface area contributed by atoms with E-state index < -0.39 is 28.8 Å². The molecule has 8 aromatic rings. The molecular weight excluding hydrogens is 847 g/mol. The number of amides is 1. The molecule has 1 spiro atoms. The number of hydrogen-bond donors (Lipinski definition) is 1. The van der Waals surface area contributed by atoms with Crippen molar-refractivity contribution in [2.45, 2.75) is 101 Å². The van der Waals surface area contributed by atoms with Crippen LogP contribution in [0.15, 0.2) is 81.2 Å². The molecule has 0 unspecified atom stereocenters. The van der Waals surface area contributed by atoms with E-state index in [-0.39, 0.29) is 40.4 Å². The summed E-state index contributed by atoms with van der Waals surface area (Å²) in [5.41, 5.74) is 4.58. The first-order valence-electron chi connectivity index (χ1n) is 22.8. The molecule has 2 bridgehead atoms. The standard InChI is InChI=1S/C49H46F2N10O5/c1-25-17-32(18-26(2)41(25)50)61-43(58-15-14-57(47(58)64)38-10-9-36-33(42(38)51)24-52-56(36)4)40-34(54-61)21-31-6-8-37(40)59(31)44(62)39-20-30-19-28(29-11-16-65-48(23-29)12-13-48)5-7-35(30)60(39)49(22-27(49)3)45-53-46(63)66-55-45/h5,7,9-10,14-15,17-20,24,27,29,31,37H,6,8,11-13,16,21-23H2,1-4H3,(H,53,55,63)/t27-,29-,31+,37-,49-/m1/s1. The zero-order valence-electron chi connectivity index (χ0n) is 36.8. The van der Waals surface area contributed by atoms with Crippen LogP contribution in [-0.4, -0.2) is 72.5 Å². The lowest BCUT2D eigenvalue weighted by Crippen LogP contribution is -2.43. The maximum absolute atomic E-state index is 16.2. The Kier molecular flexibility index (Phi) is 8.13. The van der Waals surface area contributed by atoms with Gasteiger partial charge in [0.25, 0.3) is 5.91 Å². The molecule has 8 heterocycles. The van der Waals surface area contributed by atoms with Gasteiger partial charge in [0.1, 0.15) is 22.9 Å². The number of nitrogens with one attached hydrogen (secondary N) is 1. The van der Waals surface area contributed by atoms with Crippen LogP contribution in [0.3, 0.4) is 0 Å². The highest BCUT2D eigenvalue weighted by molar-refractivity contribution is 6.00. The fraction of sp³-hybridized carbons (Fsp3) is 0.388. The molecular formula is C49H46F2N10O5. The number of fused-ring (bicyclic) bond motifs is 6. The topological polar surface area (TPSA) is 156 Å². The summed E-state index contributed by atoms with van der Waals surface area (Å²) in [7, 11) is 1.73. The number of carbonyl (C=O) groups excluding carboxylic acids is 1. The minimum atomic E-state index is -0.837. The SMILES string of the molecule is Cc1cc(-n2nc3c(c2-n2ccn(-c4ccc5c(cnn5C)c4F)c2=O)[C@H]2CC[C@@H](C3)N2C(=O)c2cc3cc([C@@H]4CCOC5(CC5)C4)ccc3n2[C@]2(c3noc(=O)[nH]3)C[C@H]2C)cc(C)c1F. The molecule has 66 heavy (non-hydrogen) atoms. The van der Waals surface area contributed by atoms with Gasteiger partial charge in [0.15, 0.2) is 11.6 Å². The Balaban J connectivity index is 0.969. The fourth-order valence-corrected chi connectivity index (χ4v) is 12.0. The van der Waals surface area contributed by atoms with Gasteiger partial charge in [-0.25, -0.2) is 23.1 Å². The Morgan fingerprint density at radius 3 is 2.44 bits per heavy atom. The summed E-state index contributed by atoms with van der Waals surface area (Å²) in [6, 6.07) is 14.4. The van der Waals surface area contributed by atoms with Crippen molar-refractivity contribution in [3.05, 3.63) is 139 Å². The number of carbonyl (C=O) groups is 1. The first-order chi connectivity index (χ1) is 31.8. The van der Waals surface area contributed by atoms with Gasteiger partial charge in [-0.2, -0.15) is 10.2 Å². The minimum Gasteiger partial charge on any atom is -0.375 e. The highest BCUT2D eigenvalue weighted by Gasteiger charge is 2.60. The van der Waals surface area contributed by atoms with Crippen LogP contribution in [0.4, 0.5) is 8.78 Å². The van der Waals surface area contributed by atoms with E-state index in [1.165, 1.54) is 27.1 Å². The van der Waals surface area contributed by atoms with E-state index in [0.29, 0.717) is 76.8 Å². The van der Waals surface area contributed by atoms with Crippen LogP contribution in [0, 0.1) is 31.4 Å². The molecule has 5 atom stereocenters. The van der Waals surface area contributed by atoms with E-state index in [0.717, 1.165) is 48.9 Å². The lowest BCUT2D eigenvalue weighted by atomic mass is 9.87. The predicted molar refractivity (Wildman–Crippen MR) is 238 cm³/mol. The largest absolute Gasteiger partial charge is 0.438 e. The van der Waals surface area contributed by atoms with Gasteiger partial charge in [-0.3, -0.25) is 28.1 Å². The molecule has 15 nitrogen and oxygen atoms in total. The molecule has 17 heteroatoms. The lowest BCUT2D eigenvalue weighted by molar-refractivity contribution is -0.0132. The van der Waals surface area contributed by atoms with Crippen LogP contribution in [0.25, 0.3) is 39.0 Å². The van der Waals surface area contributed by atoms with Crippen LogP contribution in [0.2, 0.25) is 0 Å². The normalized spacial score (nSPS) is 23.9. The summed E-state index contributed by atoms with van der Waals surface area (Å²) in [4.78, 5) is 47.8. The van der Waals surface area contributed by atoms with Crippen LogP contribution in [-0.2, 0) is 23.7 Å². The van der Waals surface area contributed by atoms with Crippen LogP contribution in [0.5, 0.6) is 0 Å². The zero-order valence-corrected chi connectivity index (χ0v) is 36.8. The lowest BCUT2D eigenvalue weighted by Gasteiger charge is -2.35. The number of H-pyrrole nitrogens is 1. The summed E-state index contributed by atoms with van der Waals surface area (Å²) < 4.78 is 50.7. The van der Waals surface area contributed by atoms with E-state index in [4.69, 9.17) is 14.4 Å². The van der Waals surface area contributed by atoms with Gasteiger partial charge in [0, 0.05) is 55.0 Å². The summed E-state index contributed by atoms with van der Waals surface area (Å²) in [6.07, 6.45) is 11.0. The van der Waals surface area contributed by atoms with Gasteiger partial charge >= 0.3 is 11.4 Å². The number of nitrogens with zero attached hydrogens (tertiary/aromatic N) is 9. The molecule has 13 rings (SSSR count). The van der Waals surface area contributed by atoms with Gasteiger partial charge in [-0.1, -0.05) is 18.1 Å². The quantitative estimate of drug-likeness (QED) is 0.174. The van der Waals surface area contributed by atoms with Crippen molar-refractivity contribution in [1.82, 2.24) is 48.3 Å². The van der Waals surface area contributed by atoms with Crippen molar-refractivity contribution in [1.29, 1.82) is 0 Å². The number of aromatic nitrogens is 9. The molecule has 3 aliphatic heterocycles. The summed E-state index contributed by atoms with van der Waals surface area (Å²) in [5.74, 6) is -0.659. The second-order valence-corrected chi connectivity index (χ2v) is 19.5. The molecule has 0 radical (unpaired) electrons. The van der Waals surface area contributed by atoms with E-state index >= 15 is 13.6 Å². The number of hydrogen-bond acceptors (Lipinski definition) is 8. The maximum Gasteiger partial charge on any atom is 0.438 e. The van der Waals surface area contributed by atoms with Gasteiger partial charge in [-0.05, 0) is 130 Å². The average Bonchev–Trinajstić information content (AvgIpc) is 3.70. The fourth-order valence-electron chi connectivity index (χ4n) is 12.0. The molecule has 336 valence electrons. The number of aryl methyl sites for hydroxylation is 3. The van der Waals surface area contributed by atoms with Crippen molar-refractivity contribution in [2.75, 3.05) is 6.61 Å². The van der Waals surface area contributed by atoms with Crippen LogP contribution in [0.1, 0.15) is 108 Å². The first kappa shape index (κ1) is 39.5. The first-order valence-corrected chi connectivity index (χ1v) is 22.8.